The van der Waals surface area contributed by atoms with E-state index in [2.05, 4.69) is 35.9 Å². The van der Waals surface area contributed by atoms with Gasteiger partial charge in [-0.05, 0) is 73.5 Å². The molecule has 0 saturated heterocycles. The van der Waals surface area contributed by atoms with Crippen LogP contribution >= 0.6 is 0 Å². The number of carbonyl (C=O) groups is 3. The van der Waals surface area contributed by atoms with E-state index in [-0.39, 0.29) is 41.7 Å². The Morgan fingerprint density at radius 2 is 1.68 bits per heavy atom. The summed E-state index contributed by atoms with van der Waals surface area (Å²) >= 11 is 0. The molecule has 0 aliphatic heterocycles. The van der Waals surface area contributed by atoms with E-state index in [1.807, 2.05) is 0 Å². The molecule has 8 atom stereocenters. The molecule has 3 N–H and O–H groups in total. The predicted octanol–water partition coefficient (Wildman–Crippen LogP) is 4.76. The lowest BCUT2D eigenvalue weighted by Gasteiger charge is -2.58. The third kappa shape index (κ3) is 5.28. The topological polar surface area (TPSA) is 115 Å². The Hall–Kier alpha value is -2.45. The van der Waals surface area contributed by atoms with E-state index in [1.54, 1.807) is 14.1 Å². The van der Waals surface area contributed by atoms with Crippen LogP contribution in [0.15, 0.2) is 11.6 Å². The molecule has 0 aromatic rings. The zero-order valence-corrected chi connectivity index (χ0v) is 23.1. The van der Waals surface area contributed by atoms with Crippen molar-refractivity contribution in [2.45, 2.75) is 83.8 Å². The van der Waals surface area contributed by atoms with E-state index in [0.29, 0.717) is 24.2 Å². The van der Waals surface area contributed by atoms with Crippen molar-refractivity contribution in [2.24, 2.45) is 34.5 Å². The van der Waals surface area contributed by atoms with Crippen molar-refractivity contribution in [3.63, 3.8) is 0 Å². The highest BCUT2D eigenvalue weighted by Gasteiger charge is 2.60. The van der Waals surface area contributed by atoms with Crippen molar-refractivity contribution in [3.05, 3.63) is 11.6 Å². The average Bonchev–Trinajstić information content (AvgIpc) is 3.25. The summed E-state index contributed by atoms with van der Waals surface area (Å²) < 4.78 is 16.8. The Morgan fingerprint density at radius 3 is 2.38 bits per heavy atom. The average molecular weight is 520 g/mol. The summed E-state index contributed by atoms with van der Waals surface area (Å²) in [6, 6.07) is 0. The summed E-state index contributed by atoms with van der Waals surface area (Å²) in [6.45, 7) is 5.06. The summed E-state index contributed by atoms with van der Waals surface area (Å²) in [5.41, 5.74) is 1.71. The van der Waals surface area contributed by atoms with Gasteiger partial charge in [0.2, 0.25) is 0 Å². The highest BCUT2D eigenvalue weighted by atomic mass is 16.6. The van der Waals surface area contributed by atoms with Crippen LogP contribution in [0, 0.1) is 34.5 Å². The molecule has 208 valence electrons. The minimum atomic E-state index is -0.469. The second kappa shape index (κ2) is 11.1. The van der Waals surface area contributed by atoms with E-state index in [4.69, 9.17) is 14.2 Å². The van der Waals surface area contributed by atoms with Gasteiger partial charge in [0.15, 0.2) is 0 Å². The van der Waals surface area contributed by atoms with Gasteiger partial charge in [-0.15, -0.1) is 0 Å². The van der Waals surface area contributed by atoms with Crippen LogP contribution in [-0.4, -0.2) is 58.2 Å². The lowest BCUT2D eigenvalue weighted by molar-refractivity contribution is -0.0753. The van der Waals surface area contributed by atoms with E-state index in [0.717, 1.165) is 51.4 Å². The van der Waals surface area contributed by atoms with Crippen molar-refractivity contribution in [1.29, 1.82) is 0 Å². The molecule has 4 rings (SSSR count). The Kier molecular flexibility index (Phi) is 8.29. The quantitative estimate of drug-likeness (QED) is 0.344. The van der Waals surface area contributed by atoms with Crippen molar-refractivity contribution >= 4 is 18.3 Å². The fourth-order valence-corrected chi connectivity index (χ4v) is 8.47. The number of ether oxygens (including phenoxy) is 3. The first-order valence-corrected chi connectivity index (χ1v) is 14.0. The summed E-state index contributed by atoms with van der Waals surface area (Å²) in [5.74, 6) is 2.04. The lowest BCUT2D eigenvalue weighted by atomic mass is 9.47. The van der Waals surface area contributed by atoms with E-state index in [1.165, 1.54) is 12.6 Å². The van der Waals surface area contributed by atoms with Crippen LogP contribution in [0.3, 0.4) is 0 Å². The van der Waals surface area contributed by atoms with Crippen molar-refractivity contribution in [2.75, 3.05) is 27.7 Å². The highest BCUT2D eigenvalue weighted by Crippen LogP contribution is 2.67. The van der Waals surface area contributed by atoms with Gasteiger partial charge in [0, 0.05) is 39.9 Å². The molecule has 4 aliphatic carbocycles. The summed E-state index contributed by atoms with van der Waals surface area (Å²) in [6.07, 6.45) is 9.64. The number of amides is 3. The van der Waals surface area contributed by atoms with Crippen molar-refractivity contribution < 1.29 is 28.6 Å². The normalized spacial score (nSPS) is 37.0. The number of alkyl carbamates (subject to hydrolysis) is 3. The molecule has 0 radical (unpaired) electrons. The molecule has 3 fully saturated rings. The number of carbonyl (C=O) groups excluding carboxylic acids is 3. The summed E-state index contributed by atoms with van der Waals surface area (Å²) in [5, 5.41) is 7.64. The molecule has 0 spiro atoms. The predicted molar refractivity (Wildman–Crippen MR) is 139 cm³/mol. The van der Waals surface area contributed by atoms with Gasteiger partial charge in [-0.25, -0.2) is 14.4 Å². The first kappa shape index (κ1) is 27.6. The first-order valence-electron chi connectivity index (χ1n) is 14.0. The molecule has 0 unspecified atom stereocenters. The molecular formula is C28H45N3O6. The number of hydrogen-bond donors (Lipinski definition) is 3. The van der Waals surface area contributed by atoms with Gasteiger partial charge in [-0.1, -0.05) is 25.5 Å². The number of allylic oxidation sites excluding steroid dienone is 1. The van der Waals surface area contributed by atoms with Crippen molar-refractivity contribution in [3.8, 4) is 0 Å². The monoisotopic (exact) mass is 519 g/mol. The van der Waals surface area contributed by atoms with Crippen LogP contribution in [0.5, 0.6) is 0 Å². The van der Waals surface area contributed by atoms with Gasteiger partial charge in [0.25, 0.3) is 0 Å². The molecule has 37 heavy (non-hydrogen) atoms. The van der Waals surface area contributed by atoms with Crippen LogP contribution in [0.2, 0.25) is 0 Å². The third-order valence-corrected chi connectivity index (χ3v) is 10.4. The Bertz CT molecular complexity index is 908. The second-order valence-corrected chi connectivity index (χ2v) is 11.9. The van der Waals surface area contributed by atoms with Gasteiger partial charge in [-0.2, -0.15) is 0 Å². The van der Waals surface area contributed by atoms with Crippen LogP contribution in [-0.2, 0) is 14.2 Å². The van der Waals surface area contributed by atoms with Crippen LogP contribution in [0.25, 0.3) is 0 Å². The maximum absolute atomic E-state index is 12.2. The number of hydrogen-bond acceptors (Lipinski definition) is 6. The molecule has 0 bridgehead atoms. The number of fused-ring (bicyclic) bond motifs is 5. The van der Waals surface area contributed by atoms with E-state index < -0.39 is 12.2 Å². The second-order valence-electron chi connectivity index (χ2n) is 11.9. The zero-order valence-electron chi connectivity index (χ0n) is 23.1. The molecule has 0 heterocycles. The molecule has 0 aromatic heterocycles. The minimum Gasteiger partial charge on any atom is -0.449 e. The smallest absolute Gasteiger partial charge is 0.407 e. The Morgan fingerprint density at radius 1 is 0.946 bits per heavy atom. The molecule has 3 saturated carbocycles. The van der Waals surface area contributed by atoms with Crippen LogP contribution < -0.4 is 16.0 Å². The van der Waals surface area contributed by atoms with Crippen molar-refractivity contribution in [1.82, 2.24) is 16.0 Å². The Balaban J connectivity index is 1.49. The highest BCUT2D eigenvalue weighted by molar-refractivity contribution is 5.67. The standard InChI is InChI=1S/C28H45N3O6/c1-27-13-10-18(36-25(33)30-4)16-17(27)6-7-19-20-8-9-22(28(20,2)14-11-21(19)27)23(37-26(34)31-5)12-15-35-24(32)29-3/h6,18-23H,7-16H2,1-5H3,(H,29,32)(H,30,33)(H,31,34)/t18-,19+,20+,21+,22-,23+,27+,28+/m1/s1. The maximum atomic E-state index is 12.2. The van der Waals surface area contributed by atoms with Gasteiger partial charge in [0.1, 0.15) is 12.2 Å². The fourth-order valence-electron chi connectivity index (χ4n) is 8.47. The number of rotatable bonds is 6. The third-order valence-electron chi connectivity index (χ3n) is 10.4. The minimum absolute atomic E-state index is 0.0415. The first-order chi connectivity index (χ1) is 17.7. The Labute approximate surface area is 220 Å². The SMILES string of the molecule is CNC(=O)OCC[C@H](OC(=O)NC)[C@H]1CC[C@H]2[C@@H]3CC=C4C[C@H](OC(=O)NC)CC[C@]4(C)[C@H]3CC[C@]12C. The van der Waals surface area contributed by atoms with Gasteiger partial charge >= 0.3 is 18.3 Å². The molecule has 9 nitrogen and oxygen atoms in total. The van der Waals surface area contributed by atoms with Crippen LogP contribution in [0.4, 0.5) is 14.4 Å². The van der Waals surface area contributed by atoms with Crippen LogP contribution in [0.1, 0.15) is 71.6 Å². The molecule has 4 aliphatic rings. The molecule has 0 aromatic carbocycles. The largest absolute Gasteiger partial charge is 0.449 e. The zero-order chi connectivity index (χ0) is 26.8. The van der Waals surface area contributed by atoms with Gasteiger partial charge < -0.3 is 30.2 Å². The maximum Gasteiger partial charge on any atom is 0.407 e. The molecular weight excluding hydrogens is 474 g/mol. The van der Waals surface area contributed by atoms with Gasteiger partial charge in [-0.3, -0.25) is 0 Å². The van der Waals surface area contributed by atoms with E-state index >= 15 is 0 Å². The van der Waals surface area contributed by atoms with E-state index in [9.17, 15) is 14.4 Å². The molecule has 3 amide bonds. The summed E-state index contributed by atoms with van der Waals surface area (Å²) in [7, 11) is 4.71. The number of nitrogens with one attached hydrogen (secondary N) is 3. The summed E-state index contributed by atoms with van der Waals surface area (Å²) in [4.78, 5) is 35.6. The fraction of sp³-hybridized carbons (Fsp3) is 0.821. The molecule has 9 heteroatoms. The van der Waals surface area contributed by atoms with Gasteiger partial charge in [0.05, 0.1) is 6.61 Å². The lowest BCUT2D eigenvalue weighted by Crippen LogP contribution is -2.52.